The van der Waals surface area contributed by atoms with Crippen LogP contribution in [0.4, 0.5) is 23.4 Å². The maximum Gasteiger partial charge on any atom is 0.419 e. The standard InChI is InChI=1S/C26H29ClF4N6/c1-17-5-4-10-37(17)18(2)34-24(16-23(32)19-7-8-22(28)21(27)15-19)35-11-13-36(14-12-35)25-20(26(29,30)31)6-3-9-33-25/h3,6-9,15-17H,2,4-5,10-14,32H2,1H3/b23-16-,34-24+. The summed E-state index contributed by atoms with van der Waals surface area (Å²) in [6.07, 6.45) is 0.627. The topological polar surface area (TPSA) is 61.0 Å². The molecule has 1 aromatic heterocycles. The van der Waals surface area contributed by atoms with Crippen molar-refractivity contribution in [2.24, 2.45) is 10.7 Å². The first kappa shape index (κ1) is 26.8. The number of piperazine rings is 1. The summed E-state index contributed by atoms with van der Waals surface area (Å²) in [6.45, 7) is 8.51. The fourth-order valence-corrected chi connectivity index (χ4v) is 4.80. The van der Waals surface area contributed by atoms with Crippen molar-refractivity contribution in [2.45, 2.75) is 32.0 Å². The van der Waals surface area contributed by atoms with Crippen molar-refractivity contribution in [1.29, 1.82) is 0 Å². The molecule has 1 aromatic carbocycles. The van der Waals surface area contributed by atoms with Crippen LogP contribution in [0.2, 0.25) is 5.02 Å². The Labute approximate surface area is 218 Å². The highest BCUT2D eigenvalue weighted by Gasteiger charge is 2.36. The molecule has 0 saturated carbocycles. The molecule has 2 fully saturated rings. The summed E-state index contributed by atoms with van der Waals surface area (Å²) >= 11 is 5.94. The maximum atomic E-state index is 13.7. The van der Waals surface area contributed by atoms with Crippen LogP contribution < -0.4 is 10.6 Å². The molecule has 2 aromatic rings. The molecule has 0 amide bonds. The number of hydrogen-bond acceptors (Lipinski definition) is 5. The lowest BCUT2D eigenvalue weighted by Gasteiger charge is -2.37. The quantitative estimate of drug-likeness (QED) is 0.316. The summed E-state index contributed by atoms with van der Waals surface area (Å²) in [6, 6.07) is 6.84. The van der Waals surface area contributed by atoms with E-state index in [1.807, 2.05) is 4.90 Å². The normalized spacial score (nSPS) is 19.5. The summed E-state index contributed by atoms with van der Waals surface area (Å²) in [5.41, 5.74) is 6.45. The zero-order chi connectivity index (χ0) is 26.7. The van der Waals surface area contributed by atoms with Gasteiger partial charge in [-0.2, -0.15) is 13.2 Å². The first-order valence-electron chi connectivity index (χ1n) is 12.0. The van der Waals surface area contributed by atoms with Crippen LogP contribution in [0.5, 0.6) is 0 Å². The molecule has 1 atom stereocenters. The van der Waals surface area contributed by atoms with Gasteiger partial charge in [0.15, 0.2) is 0 Å². The van der Waals surface area contributed by atoms with Gasteiger partial charge in [0, 0.05) is 56.7 Å². The number of alkyl halides is 3. The number of hydrogen-bond donors (Lipinski definition) is 1. The summed E-state index contributed by atoms with van der Waals surface area (Å²) in [5.74, 6) is 0.485. The van der Waals surface area contributed by atoms with Crippen molar-refractivity contribution in [2.75, 3.05) is 37.6 Å². The van der Waals surface area contributed by atoms with E-state index in [4.69, 9.17) is 22.3 Å². The molecule has 6 nitrogen and oxygen atoms in total. The van der Waals surface area contributed by atoms with Crippen LogP contribution in [0.1, 0.15) is 30.9 Å². The summed E-state index contributed by atoms with van der Waals surface area (Å²) in [4.78, 5) is 14.5. The minimum Gasteiger partial charge on any atom is -0.398 e. The smallest absolute Gasteiger partial charge is 0.398 e. The third-order valence-electron chi connectivity index (χ3n) is 6.66. The van der Waals surface area contributed by atoms with Gasteiger partial charge in [-0.05, 0) is 55.7 Å². The lowest BCUT2D eigenvalue weighted by Crippen LogP contribution is -2.49. The van der Waals surface area contributed by atoms with Crippen LogP contribution in [-0.2, 0) is 6.18 Å². The SMILES string of the molecule is C=C(/N=C(\C=C(/N)c1ccc(F)c(Cl)c1)N1CCN(c2ncccc2C(F)(F)F)CC1)N1CCCC1C. The van der Waals surface area contributed by atoms with Crippen LogP contribution in [0.15, 0.2) is 60.0 Å². The number of likely N-dealkylation sites (tertiary alicyclic amines) is 1. The average Bonchev–Trinajstić information content (AvgIpc) is 3.30. The molecule has 11 heteroatoms. The first-order chi connectivity index (χ1) is 17.5. The fourth-order valence-electron chi connectivity index (χ4n) is 4.62. The van der Waals surface area contributed by atoms with Gasteiger partial charge in [-0.3, -0.25) is 0 Å². The minimum atomic E-state index is -4.49. The largest absolute Gasteiger partial charge is 0.419 e. The summed E-state index contributed by atoms with van der Waals surface area (Å²) in [5, 5.41) is -0.0490. The van der Waals surface area contributed by atoms with E-state index in [0.29, 0.717) is 55.1 Å². The van der Waals surface area contributed by atoms with Crippen molar-refractivity contribution < 1.29 is 17.6 Å². The van der Waals surface area contributed by atoms with Crippen molar-refractivity contribution in [1.82, 2.24) is 14.8 Å². The van der Waals surface area contributed by atoms with Crippen molar-refractivity contribution in [3.63, 3.8) is 0 Å². The zero-order valence-corrected chi connectivity index (χ0v) is 21.2. The molecular formula is C26H29ClF4N6. The average molecular weight is 537 g/mol. The molecule has 4 rings (SSSR count). The van der Waals surface area contributed by atoms with Crippen LogP contribution in [0, 0.1) is 5.82 Å². The van der Waals surface area contributed by atoms with Crippen LogP contribution >= 0.6 is 11.6 Å². The Morgan fingerprint density at radius 1 is 1.19 bits per heavy atom. The van der Waals surface area contributed by atoms with Gasteiger partial charge in [0.2, 0.25) is 0 Å². The van der Waals surface area contributed by atoms with Crippen molar-refractivity contribution in [3.8, 4) is 0 Å². The number of nitrogens with zero attached hydrogens (tertiary/aromatic N) is 5. The van der Waals surface area contributed by atoms with Gasteiger partial charge in [0.25, 0.3) is 0 Å². The Morgan fingerprint density at radius 2 is 1.92 bits per heavy atom. The van der Waals surface area contributed by atoms with Gasteiger partial charge in [0.05, 0.1) is 10.6 Å². The van der Waals surface area contributed by atoms with Gasteiger partial charge in [-0.1, -0.05) is 18.2 Å². The Balaban J connectivity index is 1.60. The maximum absolute atomic E-state index is 13.7. The number of benzene rings is 1. The first-order valence-corrected chi connectivity index (χ1v) is 12.4. The van der Waals surface area contributed by atoms with E-state index in [9.17, 15) is 17.6 Å². The molecule has 2 N–H and O–H groups in total. The van der Waals surface area contributed by atoms with E-state index in [-0.39, 0.29) is 10.8 Å². The van der Waals surface area contributed by atoms with Crippen molar-refractivity contribution in [3.05, 3.63) is 77.0 Å². The molecule has 0 bridgehead atoms. The van der Waals surface area contributed by atoms with E-state index < -0.39 is 17.6 Å². The second kappa shape index (κ2) is 11.0. The van der Waals surface area contributed by atoms with Gasteiger partial charge in [-0.25, -0.2) is 14.4 Å². The molecule has 1 unspecified atom stereocenters. The van der Waals surface area contributed by atoms with E-state index in [2.05, 4.69) is 23.4 Å². The number of aliphatic imine (C=N–C) groups is 1. The van der Waals surface area contributed by atoms with E-state index >= 15 is 0 Å². The van der Waals surface area contributed by atoms with Gasteiger partial charge in [0.1, 0.15) is 23.3 Å². The van der Waals surface area contributed by atoms with Crippen molar-refractivity contribution >= 4 is 29.0 Å². The number of halogens is 5. The summed E-state index contributed by atoms with van der Waals surface area (Å²) < 4.78 is 54.2. The number of pyridine rings is 1. The molecule has 37 heavy (non-hydrogen) atoms. The van der Waals surface area contributed by atoms with E-state index in [0.717, 1.165) is 25.5 Å². The number of aromatic nitrogens is 1. The zero-order valence-electron chi connectivity index (χ0n) is 20.5. The molecule has 3 heterocycles. The number of nitrogens with two attached hydrogens (primary N) is 1. The minimum absolute atomic E-state index is 0.0490. The molecule has 2 aliphatic rings. The molecule has 0 spiro atoms. The Kier molecular flexibility index (Phi) is 7.96. The Bertz CT molecular complexity index is 1200. The molecule has 2 saturated heterocycles. The molecule has 0 aliphatic carbocycles. The number of amidine groups is 1. The van der Waals surface area contributed by atoms with Crippen LogP contribution in [0.25, 0.3) is 5.70 Å². The molecule has 0 radical (unpaired) electrons. The molecule has 2 aliphatic heterocycles. The second-order valence-corrected chi connectivity index (χ2v) is 9.55. The summed E-state index contributed by atoms with van der Waals surface area (Å²) in [7, 11) is 0. The fraction of sp³-hybridized carbons (Fsp3) is 0.385. The van der Waals surface area contributed by atoms with Gasteiger partial charge in [-0.15, -0.1) is 0 Å². The number of anilines is 1. The third-order valence-corrected chi connectivity index (χ3v) is 6.95. The van der Waals surface area contributed by atoms with E-state index in [1.165, 1.54) is 30.5 Å². The van der Waals surface area contributed by atoms with E-state index in [1.54, 1.807) is 11.0 Å². The highest BCUT2D eigenvalue weighted by molar-refractivity contribution is 6.30. The van der Waals surface area contributed by atoms with Gasteiger partial charge < -0.3 is 20.4 Å². The van der Waals surface area contributed by atoms with Crippen LogP contribution in [0.3, 0.4) is 0 Å². The Hall–Kier alpha value is -3.27. The highest BCUT2D eigenvalue weighted by atomic mass is 35.5. The molecule has 198 valence electrons. The van der Waals surface area contributed by atoms with Crippen LogP contribution in [-0.4, -0.2) is 59.4 Å². The number of rotatable bonds is 5. The lowest BCUT2D eigenvalue weighted by atomic mass is 10.1. The molecular weight excluding hydrogens is 508 g/mol. The monoisotopic (exact) mass is 536 g/mol. The van der Waals surface area contributed by atoms with Gasteiger partial charge >= 0.3 is 6.18 Å². The second-order valence-electron chi connectivity index (χ2n) is 9.15. The highest BCUT2D eigenvalue weighted by Crippen LogP contribution is 2.35. The Morgan fingerprint density at radius 3 is 2.54 bits per heavy atom. The predicted molar refractivity (Wildman–Crippen MR) is 139 cm³/mol. The third kappa shape index (κ3) is 6.18. The lowest BCUT2D eigenvalue weighted by molar-refractivity contribution is -0.137. The predicted octanol–water partition coefficient (Wildman–Crippen LogP) is 5.37.